The molecule has 3 rings (SSSR count). The lowest BCUT2D eigenvalue weighted by Gasteiger charge is -2.09. The van der Waals surface area contributed by atoms with Crippen molar-refractivity contribution in [2.75, 3.05) is 18.4 Å². The highest BCUT2D eigenvalue weighted by atomic mass is 19.1. The molecular formula is C18H19FN6O. The van der Waals surface area contributed by atoms with E-state index >= 15 is 0 Å². The summed E-state index contributed by atoms with van der Waals surface area (Å²) in [6.07, 6.45) is 3.27. The van der Waals surface area contributed by atoms with E-state index in [1.807, 2.05) is 19.2 Å². The number of nitrogens with one attached hydrogen (secondary N) is 2. The Bertz CT molecular complexity index is 924. The molecule has 2 heterocycles. The van der Waals surface area contributed by atoms with Crippen LogP contribution >= 0.6 is 0 Å². The van der Waals surface area contributed by atoms with E-state index in [4.69, 9.17) is 0 Å². The van der Waals surface area contributed by atoms with Crippen LogP contribution in [0.25, 0.3) is 5.82 Å². The van der Waals surface area contributed by atoms with Gasteiger partial charge in [-0.25, -0.2) is 19.0 Å². The third-order valence-corrected chi connectivity index (χ3v) is 3.76. The summed E-state index contributed by atoms with van der Waals surface area (Å²) in [5.41, 5.74) is 1.70. The number of anilines is 1. The molecule has 0 saturated carbocycles. The van der Waals surface area contributed by atoms with Crippen molar-refractivity contribution < 1.29 is 9.18 Å². The van der Waals surface area contributed by atoms with Crippen molar-refractivity contribution in [2.45, 2.75) is 13.8 Å². The number of aryl methyl sites for hydroxylation is 2. The fraction of sp³-hybridized carbons (Fsp3) is 0.222. The molecule has 2 N–H and O–H groups in total. The second kappa shape index (κ2) is 7.73. The molecule has 0 saturated heterocycles. The Morgan fingerprint density at radius 3 is 2.73 bits per heavy atom. The first kappa shape index (κ1) is 17.5. The zero-order valence-electron chi connectivity index (χ0n) is 14.5. The van der Waals surface area contributed by atoms with Crippen LogP contribution in [0.4, 0.5) is 10.2 Å². The highest BCUT2D eigenvalue weighted by Gasteiger charge is 2.07. The molecule has 0 bridgehead atoms. The molecule has 8 heteroatoms. The summed E-state index contributed by atoms with van der Waals surface area (Å²) in [6.45, 7) is 4.39. The molecule has 0 aliphatic carbocycles. The van der Waals surface area contributed by atoms with Gasteiger partial charge in [-0.05, 0) is 37.6 Å². The maximum Gasteiger partial charge on any atom is 0.251 e. The maximum absolute atomic E-state index is 13.5. The molecule has 0 radical (unpaired) electrons. The number of carbonyl (C=O) groups excluding carboxylic acids is 1. The van der Waals surface area contributed by atoms with Crippen LogP contribution in [-0.4, -0.2) is 38.7 Å². The largest absolute Gasteiger partial charge is 0.368 e. The number of rotatable bonds is 6. The lowest BCUT2D eigenvalue weighted by molar-refractivity contribution is 0.0954. The molecule has 0 atom stereocenters. The average Bonchev–Trinajstić information content (AvgIpc) is 3.07. The molecule has 2 aromatic heterocycles. The Kier molecular flexibility index (Phi) is 5.21. The van der Waals surface area contributed by atoms with Gasteiger partial charge >= 0.3 is 0 Å². The predicted molar refractivity (Wildman–Crippen MR) is 95.9 cm³/mol. The summed E-state index contributed by atoms with van der Waals surface area (Å²) in [7, 11) is 0. The van der Waals surface area contributed by atoms with Crippen molar-refractivity contribution in [2.24, 2.45) is 0 Å². The van der Waals surface area contributed by atoms with Crippen LogP contribution in [-0.2, 0) is 0 Å². The van der Waals surface area contributed by atoms with E-state index in [2.05, 4.69) is 25.7 Å². The summed E-state index contributed by atoms with van der Waals surface area (Å²) < 4.78 is 15.2. The molecule has 0 spiro atoms. The second-order valence-corrected chi connectivity index (χ2v) is 5.81. The maximum atomic E-state index is 13.5. The Balaban J connectivity index is 1.52. The molecule has 0 fully saturated rings. The summed E-state index contributed by atoms with van der Waals surface area (Å²) in [6, 6.07) is 8.08. The summed E-state index contributed by atoms with van der Waals surface area (Å²) in [5.74, 6) is 0.563. The van der Waals surface area contributed by atoms with Gasteiger partial charge in [-0.1, -0.05) is 6.07 Å². The molecule has 26 heavy (non-hydrogen) atoms. The van der Waals surface area contributed by atoms with Crippen molar-refractivity contribution >= 4 is 11.7 Å². The SMILES string of the molecule is Cc1ccn(-c2cc(NCCNC(=O)c3ccc(C)c(F)c3)ncn2)n1. The number of benzene rings is 1. The van der Waals surface area contributed by atoms with Gasteiger partial charge in [0.05, 0.1) is 5.69 Å². The van der Waals surface area contributed by atoms with Gasteiger partial charge in [0.2, 0.25) is 0 Å². The lowest BCUT2D eigenvalue weighted by Crippen LogP contribution is -2.29. The second-order valence-electron chi connectivity index (χ2n) is 5.81. The van der Waals surface area contributed by atoms with Gasteiger partial charge in [0, 0.05) is 30.9 Å². The first-order valence-corrected chi connectivity index (χ1v) is 8.16. The van der Waals surface area contributed by atoms with E-state index in [1.54, 1.807) is 29.8 Å². The van der Waals surface area contributed by atoms with Gasteiger partial charge in [-0.3, -0.25) is 4.79 Å². The minimum absolute atomic E-state index is 0.298. The summed E-state index contributed by atoms with van der Waals surface area (Å²) in [5, 5.41) is 10.1. The van der Waals surface area contributed by atoms with E-state index in [-0.39, 0.29) is 5.91 Å². The summed E-state index contributed by atoms with van der Waals surface area (Å²) >= 11 is 0. The number of nitrogens with zero attached hydrogens (tertiary/aromatic N) is 4. The van der Waals surface area contributed by atoms with Crippen LogP contribution in [0.3, 0.4) is 0 Å². The number of halogens is 1. The van der Waals surface area contributed by atoms with Crippen LogP contribution in [0, 0.1) is 19.7 Å². The molecule has 0 aliphatic rings. The van der Waals surface area contributed by atoms with E-state index in [0.29, 0.717) is 35.9 Å². The van der Waals surface area contributed by atoms with Crippen LogP contribution in [0.5, 0.6) is 0 Å². The molecule has 134 valence electrons. The molecule has 1 aromatic carbocycles. The Labute approximate surface area is 150 Å². The first-order valence-electron chi connectivity index (χ1n) is 8.16. The smallest absolute Gasteiger partial charge is 0.251 e. The van der Waals surface area contributed by atoms with Gasteiger partial charge in [0.25, 0.3) is 5.91 Å². The van der Waals surface area contributed by atoms with Crippen molar-refractivity contribution in [1.29, 1.82) is 0 Å². The predicted octanol–water partition coefficient (Wildman–Crippen LogP) is 2.26. The van der Waals surface area contributed by atoms with Gasteiger partial charge in [-0.2, -0.15) is 5.10 Å². The van der Waals surface area contributed by atoms with Crippen LogP contribution in [0.1, 0.15) is 21.6 Å². The Hall–Kier alpha value is -3.29. The van der Waals surface area contributed by atoms with E-state index < -0.39 is 5.82 Å². The van der Waals surface area contributed by atoms with Gasteiger partial charge in [-0.15, -0.1) is 0 Å². The van der Waals surface area contributed by atoms with E-state index in [1.165, 1.54) is 12.4 Å². The fourth-order valence-electron chi connectivity index (χ4n) is 2.31. The highest BCUT2D eigenvalue weighted by Crippen LogP contribution is 2.10. The molecule has 7 nitrogen and oxygen atoms in total. The van der Waals surface area contributed by atoms with E-state index in [9.17, 15) is 9.18 Å². The molecular weight excluding hydrogens is 335 g/mol. The third-order valence-electron chi connectivity index (χ3n) is 3.76. The van der Waals surface area contributed by atoms with E-state index in [0.717, 1.165) is 5.69 Å². The van der Waals surface area contributed by atoms with Gasteiger partial charge in [0.1, 0.15) is 18.0 Å². The van der Waals surface area contributed by atoms with Crippen LogP contribution in [0.15, 0.2) is 42.9 Å². The normalized spacial score (nSPS) is 10.6. The minimum atomic E-state index is -0.391. The molecule has 0 aliphatic heterocycles. The minimum Gasteiger partial charge on any atom is -0.368 e. The number of hydrogen-bond donors (Lipinski definition) is 2. The zero-order valence-corrected chi connectivity index (χ0v) is 14.5. The van der Waals surface area contributed by atoms with Crippen molar-refractivity contribution in [3.63, 3.8) is 0 Å². The molecule has 3 aromatic rings. The fourth-order valence-corrected chi connectivity index (χ4v) is 2.31. The van der Waals surface area contributed by atoms with Crippen molar-refractivity contribution in [1.82, 2.24) is 25.1 Å². The molecule has 0 unspecified atom stereocenters. The topological polar surface area (TPSA) is 84.7 Å². The quantitative estimate of drug-likeness (QED) is 0.663. The highest BCUT2D eigenvalue weighted by molar-refractivity contribution is 5.94. The standard InChI is InChI=1S/C18H19FN6O/c1-12-3-4-14(9-15(12)19)18(26)21-7-6-20-16-10-17(23-11-22-16)25-8-5-13(2)24-25/h3-5,8-11H,6-7H2,1-2H3,(H,21,26)(H,20,22,23). The average molecular weight is 354 g/mol. The van der Waals surface area contributed by atoms with Gasteiger partial charge < -0.3 is 10.6 Å². The molecule has 1 amide bonds. The summed E-state index contributed by atoms with van der Waals surface area (Å²) in [4.78, 5) is 20.3. The Morgan fingerprint density at radius 2 is 2.00 bits per heavy atom. The monoisotopic (exact) mass is 354 g/mol. The zero-order chi connectivity index (χ0) is 18.5. The number of aromatic nitrogens is 4. The first-order chi connectivity index (χ1) is 12.5. The van der Waals surface area contributed by atoms with Crippen LogP contribution < -0.4 is 10.6 Å². The number of carbonyl (C=O) groups is 1. The number of amides is 1. The third kappa shape index (κ3) is 4.21. The Morgan fingerprint density at radius 1 is 1.15 bits per heavy atom. The van der Waals surface area contributed by atoms with Crippen LogP contribution in [0.2, 0.25) is 0 Å². The number of hydrogen-bond acceptors (Lipinski definition) is 5. The van der Waals surface area contributed by atoms with Crippen molar-refractivity contribution in [3.05, 3.63) is 65.5 Å². The lowest BCUT2D eigenvalue weighted by atomic mass is 10.1. The van der Waals surface area contributed by atoms with Crippen molar-refractivity contribution in [3.8, 4) is 5.82 Å². The van der Waals surface area contributed by atoms with Gasteiger partial charge in [0.15, 0.2) is 5.82 Å².